The Morgan fingerprint density at radius 1 is 1.27 bits per heavy atom. The summed E-state index contributed by atoms with van der Waals surface area (Å²) >= 11 is 6.57. The molecule has 0 aliphatic carbocycles. The lowest BCUT2D eigenvalue weighted by atomic mass is 10.2. The number of carbonyl (C=O) groups is 1. The number of nitrogens with zero attached hydrogens (tertiary/aromatic N) is 1. The van der Waals surface area contributed by atoms with E-state index >= 15 is 0 Å². The van der Waals surface area contributed by atoms with Crippen LogP contribution >= 0.6 is 31.9 Å². The number of hydrazone groups is 1. The summed E-state index contributed by atoms with van der Waals surface area (Å²) in [5.74, 6) is 0.683. The van der Waals surface area contributed by atoms with Crippen molar-refractivity contribution in [1.29, 1.82) is 0 Å². The van der Waals surface area contributed by atoms with Crippen LogP contribution in [-0.2, 0) is 0 Å². The number of methoxy groups -OCH3 is 1. The Balaban J connectivity index is 2.10. The van der Waals surface area contributed by atoms with Crippen molar-refractivity contribution in [2.24, 2.45) is 5.10 Å². The summed E-state index contributed by atoms with van der Waals surface area (Å²) in [7, 11) is 1.52. The van der Waals surface area contributed by atoms with Gasteiger partial charge in [0, 0.05) is 15.6 Å². The third-order valence-corrected chi connectivity index (χ3v) is 4.38. The molecule has 2 rings (SSSR count). The molecule has 0 aromatic heterocycles. The smallest absolute Gasteiger partial charge is 0.271 e. The predicted molar refractivity (Wildman–Crippen MR) is 107 cm³/mol. The Kier molecular flexibility index (Phi) is 7.47. The van der Waals surface area contributed by atoms with Crippen molar-refractivity contribution in [3.63, 3.8) is 0 Å². The first kappa shape index (κ1) is 20.3. The van der Waals surface area contributed by atoms with Gasteiger partial charge in [0.25, 0.3) is 5.91 Å². The zero-order valence-electron chi connectivity index (χ0n) is 14.3. The van der Waals surface area contributed by atoms with Crippen LogP contribution in [0.3, 0.4) is 0 Å². The van der Waals surface area contributed by atoms with E-state index in [0.29, 0.717) is 33.7 Å². The van der Waals surface area contributed by atoms with Crippen LogP contribution in [0.2, 0.25) is 0 Å². The van der Waals surface area contributed by atoms with Crippen LogP contribution < -0.4 is 14.9 Å². The van der Waals surface area contributed by atoms with Crippen molar-refractivity contribution in [3.05, 3.63) is 50.4 Å². The van der Waals surface area contributed by atoms with Crippen LogP contribution in [0, 0.1) is 0 Å². The minimum absolute atomic E-state index is 0.0327. The summed E-state index contributed by atoms with van der Waals surface area (Å²) in [5, 5.41) is 13.9. The Labute approximate surface area is 168 Å². The number of phenolic OH excluding ortho intramolecular Hbond substituents is 1. The van der Waals surface area contributed by atoms with Gasteiger partial charge in [0.1, 0.15) is 5.75 Å². The fourth-order valence-corrected chi connectivity index (χ4v) is 3.31. The number of halogens is 2. The number of nitrogens with one attached hydrogen (secondary N) is 1. The van der Waals surface area contributed by atoms with Crippen molar-refractivity contribution in [3.8, 4) is 17.2 Å². The molecule has 0 atom stereocenters. The third-order valence-electron chi connectivity index (χ3n) is 3.31. The van der Waals surface area contributed by atoms with Gasteiger partial charge in [0.2, 0.25) is 0 Å². The van der Waals surface area contributed by atoms with E-state index in [0.717, 1.165) is 10.9 Å². The molecule has 2 aromatic rings. The molecule has 2 N–H and O–H groups in total. The molecule has 8 heteroatoms. The number of rotatable bonds is 7. The highest BCUT2D eigenvalue weighted by Gasteiger charge is 2.11. The Morgan fingerprint density at radius 3 is 2.73 bits per heavy atom. The van der Waals surface area contributed by atoms with Crippen LogP contribution in [0.4, 0.5) is 0 Å². The second kappa shape index (κ2) is 9.59. The van der Waals surface area contributed by atoms with E-state index in [1.807, 2.05) is 6.92 Å². The molecule has 0 aliphatic heterocycles. The highest BCUT2D eigenvalue weighted by Crippen LogP contribution is 2.30. The van der Waals surface area contributed by atoms with E-state index in [4.69, 9.17) is 9.47 Å². The summed E-state index contributed by atoms with van der Waals surface area (Å²) < 4.78 is 12.1. The highest BCUT2D eigenvalue weighted by molar-refractivity contribution is 9.11. The van der Waals surface area contributed by atoms with E-state index in [9.17, 15) is 9.90 Å². The number of benzene rings is 2. The number of aromatic hydroxyl groups is 1. The van der Waals surface area contributed by atoms with Crippen LogP contribution in [-0.4, -0.2) is 30.9 Å². The van der Waals surface area contributed by atoms with Crippen LogP contribution in [0.1, 0.15) is 29.3 Å². The molecule has 0 fully saturated rings. The molecule has 0 radical (unpaired) electrons. The maximum atomic E-state index is 12.2. The Bertz CT molecular complexity index is 825. The number of phenols is 1. The fraction of sp³-hybridized carbons (Fsp3) is 0.222. The van der Waals surface area contributed by atoms with Crippen molar-refractivity contribution in [2.45, 2.75) is 13.3 Å². The van der Waals surface area contributed by atoms with Crippen LogP contribution in [0.15, 0.2) is 44.4 Å². The first-order chi connectivity index (χ1) is 12.5. The van der Waals surface area contributed by atoms with E-state index in [2.05, 4.69) is 42.4 Å². The van der Waals surface area contributed by atoms with E-state index < -0.39 is 5.91 Å². The summed E-state index contributed by atoms with van der Waals surface area (Å²) in [6.45, 7) is 2.58. The zero-order valence-corrected chi connectivity index (χ0v) is 17.4. The SMILES string of the molecule is CCCOc1ccc(C(=O)N/N=C/c2cc(Br)cc(Br)c2O)cc1OC. The summed E-state index contributed by atoms with van der Waals surface area (Å²) in [5.41, 5.74) is 3.25. The lowest BCUT2D eigenvalue weighted by Gasteiger charge is -2.11. The van der Waals surface area contributed by atoms with Gasteiger partial charge < -0.3 is 14.6 Å². The molecule has 0 saturated heterocycles. The summed E-state index contributed by atoms with van der Waals surface area (Å²) in [6.07, 6.45) is 2.23. The number of hydrogen-bond acceptors (Lipinski definition) is 5. The molecular formula is C18H18Br2N2O4. The van der Waals surface area contributed by atoms with Gasteiger partial charge in [-0.25, -0.2) is 5.43 Å². The summed E-state index contributed by atoms with van der Waals surface area (Å²) in [6, 6.07) is 8.29. The van der Waals surface area contributed by atoms with Crippen molar-refractivity contribution >= 4 is 44.0 Å². The average Bonchev–Trinajstić information content (AvgIpc) is 2.63. The van der Waals surface area contributed by atoms with Crippen LogP contribution in [0.25, 0.3) is 0 Å². The highest BCUT2D eigenvalue weighted by atomic mass is 79.9. The molecular weight excluding hydrogens is 468 g/mol. The number of amides is 1. The number of hydrogen-bond donors (Lipinski definition) is 2. The van der Waals surface area contributed by atoms with Gasteiger partial charge in [-0.1, -0.05) is 22.9 Å². The largest absolute Gasteiger partial charge is 0.506 e. The molecule has 2 aromatic carbocycles. The van der Waals surface area contributed by atoms with Crippen molar-refractivity contribution in [2.75, 3.05) is 13.7 Å². The van der Waals surface area contributed by atoms with Crippen molar-refractivity contribution < 1.29 is 19.4 Å². The lowest BCUT2D eigenvalue weighted by Crippen LogP contribution is -2.17. The zero-order chi connectivity index (χ0) is 19.1. The molecule has 0 unspecified atom stereocenters. The number of carbonyl (C=O) groups excluding carboxylic acids is 1. The maximum absolute atomic E-state index is 12.2. The second-order valence-corrected chi connectivity index (χ2v) is 7.01. The van der Waals surface area contributed by atoms with Gasteiger partial charge in [-0.2, -0.15) is 5.10 Å². The topological polar surface area (TPSA) is 80.2 Å². The first-order valence-electron chi connectivity index (χ1n) is 7.78. The maximum Gasteiger partial charge on any atom is 0.271 e. The van der Waals surface area contributed by atoms with Gasteiger partial charge >= 0.3 is 0 Å². The molecule has 0 bridgehead atoms. The molecule has 138 valence electrons. The van der Waals surface area contributed by atoms with Crippen LogP contribution in [0.5, 0.6) is 17.2 Å². The first-order valence-corrected chi connectivity index (χ1v) is 9.37. The summed E-state index contributed by atoms with van der Waals surface area (Å²) in [4.78, 5) is 12.2. The van der Waals surface area contributed by atoms with Gasteiger partial charge in [0.05, 0.1) is 24.4 Å². The minimum Gasteiger partial charge on any atom is -0.506 e. The molecule has 0 aliphatic rings. The standard InChI is InChI=1S/C18H18Br2N2O4/c1-3-6-26-15-5-4-11(8-16(15)25-2)18(24)22-21-10-12-7-13(19)9-14(20)17(12)23/h4-5,7-10,23H,3,6H2,1-2H3,(H,22,24)/b21-10+. The Hall–Kier alpha value is -2.06. The Morgan fingerprint density at radius 2 is 2.04 bits per heavy atom. The monoisotopic (exact) mass is 484 g/mol. The fourth-order valence-electron chi connectivity index (χ4n) is 2.05. The molecule has 0 heterocycles. The van der Waals surface area contributed by atoms with E-state index in [1.165, 1.54) is 13.3 Å². The second-order valence-electron chi connectivity index (χ2n) is 5.24. The molecule has 26 heavy (non-hydrogen) atoms. The van der Waals surface area contributed by atoms with Crippen molar-refractivity contribution in [1.82, 2.24) is 5.43 Å². The molecule has 0 saturated carbocycles. The molecule has 0 spiro atoms. The predicted octanol–water partition coefficient (Wildman–Crippen LogP) is 4.48. The van der Waals surface area contributed by atoms with Gasteiger partial charge in [-0.15, -0.1) is 0 Å². The normalized spacial score (nSPS) is 10.8. The van der Waals surface area contributed by atoms with Gasteiger partial charge in [-0.05, 0) is 52.7 Å². The van der Waals surface area contributed by atoms with E-state index in [1.54, 1.807) is 30.3 Å². The lowest BCUT2D eigenvalue weighted by molar-refractivity contribution is 0.0954. The quantitative estimate of drug-likeness (QED) is 0.447. The molecule has 1 amide bonds. The number of ether oxygens (including phenoxy) is 2. The average molecular weight is 486 g/mol. The minimum atomic E-state index is -0.407. The van der Waals surface area contributed by atoms with Gasteiger partial charge in [-0.3, -0.25) is 4.79 Å². The third kappa shape index (κ3) is 5.22. The molecule has 6 nitrogen and oxygen atoms in total. The van der Waals surface area contributed by atoms with Gasteiger partial charge in [0.15, 0.2) is 11.5 Å². The van der Waals surface area contributed by atoms with E-state index in [-0.39, 0.29) is 5.75 Å².